The summed E-state index contributed by atoms with van der Waals surface area (Å²) < 4.78 is 5.25. The van der Waals surface area contributed by atoms with Gasteiger partial charge in [0.25, 0.3) is 0 Å². The predicted molar refractivity (Wildman–Crippen MR) is 54.3 cm³/mol. The standard InChI is InChI=1S/C10H10ClNO3/c1-5-6-2-3-15-4-7(6)8(10(13)14)9(11)12-5/h2-4H2,1H3,(H,13,14). The van der Waals surface area contributed by atoms with Crippen LogP contribution in [0.5, 0.6) is 0 Å². The molecule has 1 aliphatic rings. The maximum Gasteiger partial charge on any atom is 0.339 e. The van der Waals surface area contributed by atoms with Gasteiger partial charge in [-0.2, -0.15) is 0 Å². The summed E-state index contributed by atoms with van der Waals surface area (Å²) in [4.78, 5) is 15.1. The van der Waals surface area contributed by atoms with E-state index in [1.54, 1.807) is 0 Å². The first-order valence-electron chi connectivity index (χ1n) is 4.60. The summed E-state index contributed by atoms with van der Waals surface area (Å²) in [5.41, 5.74) is 2.51. The average molecular weight is 228 g/mol. The Balaban J connectivity index is 2.68. The summed E-state index contributed by atoms with van der Waals surface area (Å²) >= 11 is 5.81. The molecule has 4 nitrogen and oxygen atoms in total. The number of hydrogen-bond donors (Lipinski definition) is 1. The van der Waals surface area contributed by atoms with Gasteiger partial charge in [0.1, 0.15) is 10.7 Å². The van der Waals surface area contributed by atoms with Crippen molar-refractivity contribution in [2.24, 2.45) is 0 Å². The normalized spacial score (nSPS) is 14.8. The first kappa shape index (κ1) is 10.4. The van der Waals surface area contributed by atoms with E-state index in [0.717, 1.165) is 11.3 Å². The van der Waals surface area contributed by atoms with Crippen LogP contribution in [0.4, 0.5) is 0 Å². The Hall–Kier alpha value is -1.13. The third-order valence-corrected chi connectivity index (χ3v) is 2.81. The zero-order valence-corrected chi connectivity index (χ0v) is 8.97. The van der Waals surface area contributed by atoms with E-state index in [9.17, 15) is 4.79 Å². The van der Waals surface area contributed by atoms with E-state index in [-0.39, 0.29) is 10.7 Å². The number of aromatic nitrogens is 1. The van der Waals surface area contributed by atoms with Gasteiger partial charge in [0.15, 0.2) is 0 Å². The summed E-state index contributed by atoms with van der Waals surface area (Å²) in [6.45, 7) is 2.75. The maximum atomic E-state index is 11.0. The number of aromatic carboxylic acids is 1. The molecule has 0 radical (unpaired) electrons. The van der Waals surface area contributed by atoms with Gasteiger partial charge in [-0.25, -0.2) is 9.78 Å². The van der Waals surface area contributed by atoms with Crippen LogP contribution in [0.2, 0.25) is 5.15 Å². The van der Waals surface area contributed by atoms with E-state index in [1.165, 1.54) is 0 Å². The lowest BCUT2D eigenvalue weighted by Crippen LogP contribution is -2.18. The van der Waals surface area contributed by atoms with Crippen LogP contribution in [0.3, 0.4) is 0 Å². The highest BCUT2D eigenvalue weighted by molar-refractivity contribution is 6.32. The molecule has 0 atom stereocenters. The quantitative estimate of drug-likeness (QED) is 0.744. The number of ether oxygens (including phenoxy) is 1. The topological polar surface area (TPSA) is 59.4 Å². The molecule has 0 fully saturated rings. The van der Waals surface area contributed by atoms with Crippen molar-refractivity contribution in [3.63, 3.8) is 0 Å². The number of carbonyl (C=O) groups is 1. The molecule has 0 bridgehead atoms. The molecule has 15 heavy (non-hydrogen) atoms. The fourth-order valence-electron chi connectivity index (χ4n) is 1.82. The van der Waals surface area contributed by atoms with Gasteiger partial charge in [-0.3, -0.25) is 0 Å². The monoisotopic (exact) mass is 227 g/mol. The number of halogens is 1. The molecule has 1 aromatic rings. The van der Waals surface area contributed by atoms with Crippen molar-refractivity contribution in [2.75, 3.05) is 6.61 Å². The number of carboxylic acid groups (broad SMARTS) is 1. The molecule has 80 valence electrons. The Morgan fingerprint density at radius 2 is 2.27 bits per heavy atom. The lowest BCUT2D eigenvalue weighted by molar-refractivity contribution is 0.0681. The molecule has 0 saturated carbocycles. The first-order valence-corrected chi connectivity index (χ1v) is 4.98. The SMILES string of the molecule is Cc1nc(Cl)c(C(=O)O)c2c1CCOC2. The number of fused-ring (bicyclic) bond motifs is 1. The van der Waals surface area contributed by atoms with E-state index in [0.29, 0.717) is 25.2 Å². The fraction of sp³-hybridized carbons (Fsp3) is 0.400. The molecule has 1 aliphatic heterocycles. The van der Waals surface area contributed by atoms with Crippen molar-refractivity contribution in [2.45, 2.75) is 20.0 Å². The molecule has 5 heteroatoms. The number of nitrogens with zero attached hydrogens (tertiary/aromatic N) is 1. The van der Waals surface area contributed by atoms with Gasteiger partial charge in [-0.1, -0.05) is 11.6 Å². The lowest BCUT2D eigenvalue weighted by atomic mass is 9.98. The summed E-state index contributed by atoms with van der Waals surface area (Å²) in [6, 6.07) is 0. The molecule has 0 unspecified atom stereocenters. The predicted octanol–water partition coefficient (Wildman–Crippen LogP) is 1.81. The van der Waals surface area contributed by atoms with Crippen molar-refractivity contribution in [3.05, 3.63) is 27.5 Å². The van der Waals surface area contributed by atoms with Crippen molar-refractivity contribution in [1.82, 2.24) is 4.98 Å². The molecular weight excluding hydrogens is 218 g/mol. The van der Waals surface area contributed by atoms with Crippen LogP contribution in [0, 0.1) is 6.92 Å². The zero-order chi connectivity index (χ0) is 11.0. The van der Waals surface area contributed by atoms with Gasteiger partial charge in [-0.15, -0.1) is 0 Å². The third-order valence-electron chi connectivity index (χ3n) is 2.53. The largest absolute Gasteiger partial charge is 0.478 e. The highest BCUT2D eigenvalue weighted by Gasteiger charge is 2.23. The van der Waals surface area contributed by atoms with Gasteiger partial charge in [0.2, 0.25) is 0 Å². The third kappa shape index (κ3) is 1.70. The van der Waals surface area contributed by atoms with Crippen molar-refractivity contribution in [3.8, 4) is 0 Å². The molecular formula is C10H10ClNO3. The average Bonchev–Trinajstić information content (AvgIpc) is 2.17. The Labute approximate surface area is 91.8 Å². The van der Waals surface area contributed by atoms with E-state index >= 15 is 0 Å². The zero-order valence-electron chi connectivity index (χ0n) is 8.21. The number of hydrogen-bond acceptors (Lipinski definition) is 3. The molecule has 2 heterocycles. The lowest BCUT2D eigenvalue weighted by Gasteiger charge is -2.20. The van der Waals surface area contributed by atoms with E-state index in [2.05, 4.69) is 4.98 Å². The van der Waals surface area contributed by atoms with Crippen LogP contribution in [-0.4, -0.2) is 22.7 Å². The summed E-state index contributed by atoms with van der Waals surface area (Å²) in [5.74, 6) is -1.05. The van der Waals surface area contributed by atoms with Gasteiger partial charge >= 0.3 is 5.97 Å². The van der Waals surface area contributed by atoms with Crippen molar-refractivity contribution < 1.29 is 14.6 Å². The second kappa shape index (κ2) is 3.79. The van der Waals surface area contributed by atoms with E-state index in [1.807, 2.05) is 6.92 Å². The number of aryl methyl sites for hydroxylation is 1. The number of rotatable bonds is 1. The Kier molecular flexibility index (Phi) is 2.63. The minimum Gasteiger partial charge on any atom is -0.478 e. The molecule has 2 rings (SSSR count). The molecule has 0 spiro atoms. The second-order valence-corrected chi connectivity index (χ2v) is 3.79. The summed E-state index contributed by atoms with van der Waals surface area (Å²) in [5, 5.41) is 9.08. The van der Waals surface area contributed by atoms with Crippen molar-refractivity contribution in [1.29, 1.82) is 0 Å². The highest BCUT2D eigenvalue weighted by Crippen LogP contribution is 2.27. The number of pyridine rings is 1. The van der Waals surface area contributed by atoms with Gasteiger partial charge < -0.3 is 9.84 Å². The Morgan fingerprint density at radius 3 is 2.93 bits per heavy atom. The molecule has 0 saturated heterocycles. The minimum absolute atomic E-state index is 0.0456. The van der Waals surface area contributed by atoms with E-state index < -0.39 is 5.97 Å². The Morgan fingerprint density at radius 1 is 1.53 bits per heavy atom. The van der Waals surface area contributed by atoms with Crippen LogP contribution in [-0.2, 0) is 17.8 Å². The van der Waals surface area contributed by atoms with Crippen LogP contribution in [0.25, 0.3) is 0 Å². The summed E-state index contributed by atoms with van der Waals surface area (Å²) in [7, 11) is 0. The molecule has 0 aromatic carbocycles. The van der Waals surface area contributed by atoms with Gasteiger partial charge in [0.05, 0.1) is 13.2 Å². The molecule has 1 N–H and O–H groups in total. The first-order chi connectivity index (χ1) is 7.11. The molecule has 0 amide bonds. The molecule has 1 aromatic heterocycles. The summed E-state index contributed by atoms with van der Waals surface area (Å²) in [6.07, 6.45) is 0.700. The fourth-order valence-corrected chi connectivity index (χ4v) is 2.14. The van der Waals surface area contributed by atoms with Gasteiger partial charge in [-0.05, 0) is 18.9 Å². The van der Waals surface area contributed by atoms with E-state index in [4.69, 9.17) is 21.4 Å². The second-order valence-electron chi connectivity index (χ2n) is 3.43. The highest BCUT2D eigenvalue weighted by atomic mass is 35.5. The maximum absolute atomic E-state index is 11.0. The van der Waals surface area contributed by atoms with Crippen LogP contribution >= 0.6 is 11.6 Å². The number of carboxylic acids is 1. The Bertz CT molecular complexity index is 431. The van der Waals surface area contributed by atoms with Crippen LogP contribution in [0.15, 0.2) is 0 Å². The van der Waals surface area contributed by atoms with Crippen molar-refractivity contribution >= 4 is 17.6 Å². The smallest absolute Gasteiger partial charge is 0.339 e. The minimum atomic E-state index is -1.05. The van der Waals surface area contributed by atoms with Crippen LogP contribution in [0.1, 0.15) is 27.2 Å². The van der Waals surface area contributed by atoms with Gasteiger partial charge in [0, 0.05) is 11.3 Å². The molecule has 0 aliphatic carbocycles. The van der Waals surface area contributed by atoms with Crippen LogP contribution < -0.4 is 0 Å².